The van der Waals surface area contributed by atoms with Gasteiger partial charge in [-0.15, -0.1) is 0 Å². The minimum atomic E-state index is -4.78. The van der Waals surface area contributed by atoms with Crippen molar-refractivity contribution in [1.29, 1.82) is 0 Å². The Morgan fingerprint density at radius 3 is 2.00 bits per heavy atom. The van der Waals surface area contributed by atoms with Gasteiger partial charge in [-0.3, -0.25) is 0 Å². The van der Waals surface area contributed by atoms with Gasteiger partial charge in [0.2, 0.25) is 0 Å². The summed E-state index contributed by atoms with van der Waals surface area (Å²) in [4.78, 5) is 0. The van der Waals surface area contributed by atoms with Gasteiger partial charge in [-0.25, -0.2) is 0 Å². The van der Waals surface area contributed by atoms with Gasteiger partial charge in [-0.1, -0.05) is 11.0 Å². The van der Waals surface area contributed by atoms with Crippen LogP contribution in [0.15, 0.2) is 10.8 Å². The predicted octanol–water partition coefficient (Wildman–Crippen LogP) is -0.885. The number of hydrogen-bond donors (Lipinski definition) is 0. The summed E-state index contributed by atoms with van der Waals surface area (Å²) in [5.74, 6) is 0. The summed E-state index contributed by atoms with van der Waals surface area (Å²) in [6.45, 7) is -3.31. The number of aryl methyl sites for hydroxylation is 1. The summed E-state index contributed by atoms with van der Waals surface area (Å²) in [5, 5.41) is 2.65. The van der Waals surface area contributed by atoms with E-state index in [-0.39, 0.29) is 51.4 Å². The molecule has 0 aliphatic heterocycles. The molecule has 0 amide bonds. The molecule has 0 unspecified atom stereocenters. The van der Waals surface area contributed by atoms with Crippen LogP contribution < -0.4 is 56.8 Å². The second-order valence-corrected chi connectivity index (χ2v) is 2.83. The fraction of sp³-hybridized carbons (Fsp3) is 0.200. The van der Waals surface area contributed by atoms with Crippen LogP contribution in [0.1, 0.15) is 5.56 Å². The van der Waals surface area contributed by atoms with Crippen LogP contribution in [0.25, 0.3) is 0 Å². The average Bonchev–Trinajstić information content (AvgIpc) is 2.11. The maximum absolute atomic E-state index is 12.0. The van der Waals surface area contributed by atoms with Crippen molar-refractivity contribution >= 4 is 23.8 Å². The Kier molecular flexibility index (Phi) is 4.91. The van der Waals surface area contributed by atoms with Crippen LogP contribution in [0, 0.1) is 6.92 Å². The Bertz CT molecular complexity index is 232. The monoisotopic (exact) mass is 204 g/mol. The molecule has 56 valence electrons. The molecule has 0 saturated heterocycles. The molecule has 0 aliphatic rings. The van der Waals surface area contributed by atoms with Gasteiger partial charge >= 0.3 is 58.4 Å². The van der Waals surface area contributed by atoms with Gasteiger partial charge in [0.05, 0.1) is 0 Å². The van der Waals surface area contributed by atoms with Gasteiger partial charge in [0.1, 0.15) is 0 Å². The van der Waals surface area contributed by atoms with E-state index >= 15 is 0 Å². The third-order valence-corrected chi connectivity index (χ3v) is 2.13. The van der Waals surface area contributed by atoms with E-state index in [0.29, 0.717) is 5.56 Å². The van der Waals surface area contributed by atoms with Gasteiger partial charge in [0, 0.05) is 0 Å². The van der Waals surface area contributed by atoms with E-state index in [9.17, 15) is 12.9 Å². The van der Waals surface area contributed by atoms with Crippen molar-refractivity contribution in [2.24, 2.45) is 0 Å². The van der Waals surface area contributed by atoms with Crippen molar-refractivity contribution in [1.82, 2.24) is 0 Å². The maximum atomic E-state index is 12.0. The first-order valence-electron chi connectivity index (χ1n) is 2.74. The quantitative estimate of drug-likeness (QED) is 0.521. The molecule has 0 bridgehead atoms. The summed E-state index contributed by atoms with van der Waals surface area (Å²) < 4.78 is 35.9. The van der Waals surface area contributed by atoms with E-state index in [4.69, 9.17) is 0 Å². The first kappa shape index (κ1) is 12.2. The van der Waals surface area contributed by atoms with Gasteiger partial charge < -0.3 is 12.9 Å². The Morgan fingerprint density at radius 2 is 1.82 bits per heavy atom. The third kappa shape index (κ3) is 3.20. The molecule has 0 saturated carbocycles. The topological polar surface area (TPSA) is 0 Å². The van der Waals surface area contributed by atoms with Crippen molar-refractivity contribution in [3.63, 3.8) is 0 Å². The average molecular weight is 204 g/mol. The fourth-order valence-corrected chi connectivity index (χ4v) is 1.60. The van der Waals surface area contributed by atoms with Crippen LogP contribution in [0.3, 0.4) is 0 Å². The first-order chi connectivity index (χ1) is 4.52. The van der Waals surface area contributed by atoms with Crippen molar-refractivity contribution in [2.45, 2.75) is 6.92 Å². The second-order valence-electron chi connectivity index (χ2n) is 2.08. The molecule has 0 nitrogen and oxygen atoms in total. The van der Waals surface area contributed by atoms with E-state index < -0.39 is 12.4 Å². The normalized spacial score (nSPS) is 10.9. The van der Waals surface area contributed by atoms with Crippen LogP contribution in [-0.2, 0) is 0 Å². The summed E-state index contributed by atoms with van der Waals surface area (Å²) in [7, 11) is 0. The summed E-state index contributed by atoms with van der Waals surface area (Å²) in [6, 6.07) is 0. The molecule has 0 radical (unpaired) electrons. The Hall–Kier alpha value is 1.19. The number of hydrogen-bond acceptors (Lipinski definition) is 1. The number of rotatable bonds is 1. The molecule has 0 aromatic carbocycles. The van der Waals surface area contributed by atoms with Crippen molar-refractivity contribution in [3.8, 4) is 0 Å². The molecule has 0 spiro atoms. The minimum Gasteiger partial charge on any atom is -0.445 e. The molecule has 0 fully saturated rings. The fourth-order valence-electron chi connectivity index (χ4n) is 0.706. The standard InChI is InChI=1S/C5H5BF3S.K/c1-4-2-10-3-5(4)6(7,8)9;/h2-3H,1H3;/q-1;+1. The first-order valence-corrected chi connectivity index (χ1v) is 3.68. The zero-order valence-corrected chi connectivity index (χ0v) is 10.2. The van der Waals surface area contributed by atoms with E-state index in [1.807, 2.05) is 0 Å². The van der Waals surface area contributed by atoms with Crippen LogP contribution in [0.5, 0.6) is 0 Å². The Balaban J connectivity index is 0.000001000. The molecule has 1 heterocycles. The summed E-state index contributed by atoms with van der Waals surface area (Å²) in [5.41, 5.74) is -0.123. The van der Waals surface area contributed by atoms with E-state index in [2.05, 4.69) is 0 Å². The zero-order valence-electron chi connectivity index (χ0n) is 6.27. The zero-order chi connectivity index (χ0) is 7.78. The van der Waals surface area contributed by atoms with E-state index in [1.165, 1.54) is 12.3 Å². The molecule has 1 aromatic heterocycles. The van der Waals surface area contributed by atoms with Crippen molar-refractivity contribution < 1.29 is 64.3 Å². The molecular formula is C5H5BF3KS. The van der Waals surface area contributed by atoms with Gasteiger partial charge in [0.15, 0.2) is 0 Å². The third-order valence-electron chi connectivity index (χ3n) is 1.25. The van der Waals surface area contributed by atoms with Crippen LogP contribution in [0.4, 0.5) is 12.9 Å². The Labute approximate surface area is 110 Å². The van der Waals surface area contributed by atoms with Crippen LogP contribution in [-0.4, -0.2) is 6.98 Å². The molecule has 0 aliphatic carbocycles. The van der Waals surface area contributed by atoms with E-state index in [0.717, 1.165) is 16.7 Å². The van der Waals surface area contributed by atoms with Crippen molar-refractivity contribution in [3.05, 3.63) is 16.3 Å². The molecule has 0 N–H and O–H groups in total. The Morgan fingerprint density at radius 1 is 1.27 bits per heavy atom. The molecular weight excluding hydrogens is 199 g/mol. The maximum Gasteiger partial charge on any atom is 1.00 e. The van der Waals surface area contributed by atoms with Crippen molar-refractivity contribution in [2.75, 3.05) is 0 Å². The van der Waals surface area contributed by atoms with Gasteiger partial charge in [0.25, 0.3) is 0 Å². The minimum absolute atomic E-state index is 0. The predicted molar refractivity (Wildman–Crippen MR) is 37.8 cm³/mol. The van der Waals surface area contributed by atoms with E-state index in [1.54, 1.807) is 0 Å². The molecule has 11 heavy (non-hydrogen) atoms. The smallest absolute Gasteiger partial charge is 0.445 e. The number of halogens is 3. The number of thiophene rings is 1. The summed E-state index contributed by atoms with van der Waals surface area (Å²) in [6.07, 6.45) is 0. The SMILES string of the molecule is Cc1cscc1[B-](F)(F)F.[K+]. The van der Waals surface area contributed by atoms with Crippen LogP contribution >= 0.6 is 11.3 Å². The van der Waals surface area contributed by atoms with Gasteiger partial charge in [-0.2, -0.15) is 11.3 Å². The van der Waals surface area contributed by atoms with Gasteiger partial charge in [-0.05, 0) is 17.7 Å². The molecule has 6 heteroatoms. The largest absolute Gasteiger partial charge is 1.00 e. The molecule has 1 aromatic rings. The summed E-state index contributed by atoms with van der Waals surface area (Å²) >= 11 is 1.09. The molecule has 0 atom stereocenters. The van der Waals surface area contributed by atoms with Crippen LogP contribution in [0.2, 0.25) is 0 Å². The molecule has 1 rings (SSSR count). The second kappa shape index (κ2) is 4.43.